The van der Waals surface area contributed by atoms with Gasteiger partial charge in [-0.25, -0.2) is 0 Å². The van der Waals surface area contributed by atoms with Gasteiger partial charge >= 0.3 is 0 Å². The molecule has 0 aliphatic heterocycles. The highest BCUT2D eigenvalue weighted by molar-refractivity contribution is 5.96. The Morgan fingerprint density at radius 3 is 1.81 bits per heavy atom. The zero-order chi connectivity index (χ0) is 18.3. The van der Waals surface area contributed by atoms with E-state index in [0.717, 1.165) is 5.75 Å². The summed E-state index contributed by atoms with van der Waals surface area (Å²) < 4.78 is 5.92. The summed E-state index contributed by atoms with van der Waals surface area (Å²) in [6, 6.07) is 20.0. The molecular weight excluding hydrogens is 316 g/mol. The Labute approximate surface area is 155 Å². The average Bonchev–Trinajstić information content (AvgIpc) is 3.02. The van der Waals surface area contributed by atoms with Gasteiger partial charge in [-0.3, -0.25) is 0 Å². The Hall–Kier alpha value is -2.54. The fraction of sp³-hybridized carbons (Fsp3) is 0.280. The molecule has 0 saturated heterocycles. The molecule has 3 aromatic carbocycles. The van der Waals surface area contributed by atoms with E-state index in [1.807, 2.05) is 0 Å². The third-order valence-electron chi connectivity index (χ3n) is 6.55. The Morgan fingerprint density at radius 1 is 0.654 bits per heavy atom. The Balaban J connectivity index is 1.99. The summed E-state index contributed by atoms with van der Waals surface area (Å²) in [5, 5.41) is 0. The number of hydrogen-bond donors (Lipinski definition) is 0. The Bertz CT molecular complexity index is 1070. The lowest BCUT2D eigenvalue weighted by Crippen LogP contribution is -2.18. The molecular formula is C25H24O. The normalized spacial score (nSPS) is 17.3. The van der Waals surface area contributed by atoms with Crippen molar-refractivity contribution in [3.05, 3.63) is 76.9 Å². The van der Waals surface area contributed by atoms with Crippen molar-refractivity contribution in [1.82, 2.24) is 0 Å². The zero-order valence-electron chi connectivity index (χ0n) is 16.1. The van der Waals surface area contributed by atoms with Gasteiger partial charge in [0.1, 0.15) is 5.75 Å². The van der Waals surface area contributed by atoms with Crippen molar-refractivity contribution in [2.24, 2.45) is 0 Å². The summed E-state index contributed by atoms with van der Waals surface area (Å²) >= 11 is 0. The van der Waals surface area contributed by atoms with Crippen molar-refractivity contribution >= 4 is 0 Å². The van der Waals surface area contributed by atoms with Crippen LogP contribution in [0.5, 0.6) is 5.75 Å². The van der Waals surface area contributed by atoms with Crippen LogP contribution < -0.4 is 4.74 Å². The van der Waals surface area contributed by atoms with Crippen molar-refractivity contribution < 1.29 is 4.74 Å². The van der Waals surface area contributed by atoms with Crippen LogP contribution in [0.1, 0.15) is 49.9 Å². The maximum absolute atomic E-state index is 5.92. The van der Waals surface area contributed by atoms with Gasteiger partial charge in [0, 0.05) is 16.4 Å². The number of rotatable bonds is 1. The van der Waals surface area contributed by atoms with Gasteiger partial charge in [0.25, 0.3) is 0 Å². The van der Waals surface area contributed by atoms with Crippen molar-refractivity contribution in [3.8, 4) is 28.0 Å². The van der Waals surface area contributed by atoms with Crippen LogP contribution in [0.3, 0.4) is 0 Å². The highest BCUT2D eigenvalue weighted by Crippen LogP contribution is 2.61. The molecule has 130 valence electrons. The zero-order valence-corrected chi connectivity index (χ0v) is 16.1. The smallest absolute Gasteiger partial charge is 0.127 e. The second-order valence-electron chi connectivity index (χ2n) is 8.59. The molecule has 0 heterocycles. The van der Waals surface area contributed by atoms with Gasteiger partial charge in [-0.15, -0.1) is 0 Å². The summed E-state index contributed by atoms with van der Waals surface area (Å²) in [6.07, 6.45) is 0. The van der Waals surface area contributed by atoms with Crippen LogP contribution in [0.25, 0.3) is 22.3 Å². The molecule has 0 spiro atoms. The van der Waals surface area contributed by atoms with Crippen LogP contribution in [-0.4, -0.2) is 7.11 Å². The first kappa shape index (κ1) is 15.7. The van der Waals surface area contributed by atoms with Crippen LogP contribution in [0.2, 0.25) is 0 Å². The minimum absolute atomic E-state index is 0.0148. The number of fused-ring (bicyclic) bond motifs is 7. The van der Waals surface area contributed by atoms with E-state index in [9.17, 15) is 0 Å². The highest BCUT2D eigenvalue weighted by atomic mass is 16.5. The van der Waals surface area contributed by atoms with Crippen LogP contribution in [-0.2, 0) is 10.8 Å². The van der Waals surface area contributed by atoms with E-state index in [-0.39, 0.29) is 10.8 Å². The first-order valence-electron chi connectivity index (χ1n) is 9.34. The standard InChI is InChI=1S/C25H24O/c1-24(2)17-12-8-6-10-15(17)21-19(24)14-20(26-5)22-16-11-7-9-13-18(16)25(3,4)23(21)22/h6-14H,1-5H3. The van der Waals surface area contributed by atoms with E-state index in [2.05, 4.69) is 82.3 Å². The van der Waals surface area contributed by atoms with E-state index in [0.29, 0.717) is 0 Å². The second kappa shape index (κ2) is 4.79. The van der Waals surface area contributed by atoms with E-state index >= 15 is 0 Å². The largest absolute Gasteiger partial charge is 0.496 e. The summed E-state index contributed by atoms with van der Waals surface area (Å²) in [5.74, 6) is 0.998. The number of hydrogen-bond acceptors (Lipinski definition) is 1. The summed E-state index contributed by atoms with van der Waals surface area (Å²) in [6.45, 7) is 9.37. The lowest BCUT2D eigenvalue weighted by atomic mass is 9.77. The molecule has 1 heteroatoms. The van der Waals surface area contributed by atoms with Crippen LogP contribution in [0, 0.1) is 0 Å². The molecule has 5 rings (SSSR count). The average molecular weight is 340 g/mol. The SMILES string of the molecule is COc1cc2c(c3c1-c1ccccc1C3(C)C)-c1ccccc1C2(C)C. The number of benzene rings is 3. The molecule has 26 heavy (non-hydrogen) atoms. The van der Waals surface area contributed by atoms with Gasteiger partial charge in [-0.1, -0.05) is 76.2 Å². The first-order chi connectivity index (χ1) is 12.4. The van der Waals surface area contributed by atoms with Crippen molar-refractivity contribution in [2.75, 3.05) is 7.11 Å². The van der Waals surface area contributed by atoms with E-state index in [4.69, 9.17) is 4.74 Å². The molecule has 0 atom stereocenters. The van der Waals surface area contributed by atoms with Crippen LogP contribution in [0.4, 0.5) is 0 Å². The summed E-state index contributed by atoms with van der Waals surface area (Å²) in [5.41, 5.74) is 10.9. The van der Waals surface area contributed by atoms with Gasteiger partial charge in [0.15, 0.2) is 0 Å². The lowest BCUT2D eigenvalue weighted by Gasteiger charge is -2.27. The number of methoxy groups -OCH3 is 1. The van der Waals surface area contributed by atoms with E-state index < -0.39 is 0 Å². The second-order valence-corrected chi connectivity index (χ2v) is 8.59. The predicted molar refractivity (Wildman–Crippen MR) is 108 cm³/mol. The van der Waals surface area contributed by atoms with Gasteiger partial charge in [0.2, 0.25) is 0 Å². The van der Waals surface area contributed by atoms with E-state index in [1.54, 1.807) is 7.11 Å². The molecule has 2 aliphatic carbocycles. The van der Waals surface area contributed by atoms with Gasteiger partial charge in [-0.2, -0.15) is 0 Å². The maximum atomic E-state index is 5.92. The molecule has 0 N–H and O–H groups in total. The minimum Gasteiger partial charge on any atom is -0.496 e. The van der Waals surface area contributed by atoms with Crippen LogP contribution >= 0.6 is 0 Å². The van der Waals surface area contributed by atoms with E-state index in [1.165, 1.54) is 44.5 Å². The molecule has 0 fully saturated rings. The number of ether oxygens (including phenoxy) is 1. The quantitative estimate of drug-likeness (QED) is 0.504. The fourth-order valence-corrected chi connectivity index (χ4v) is 5.26. The molecule has 0 aromatic heterocycles. The molecule has 0 unspecified atom stereocenters. The molecule has 0 saturated carbocycles. The molecule has 0 radical (unpaired) electrons. The van der Waals surface area contributed by atoms with Crippen molar-refractivity contribution in [1.29, 1.82) is 0 Å². The maximum Gasteiger partial charge on any atom is 0.127 e. The van der Waals surface area contributed by atoms with Crippen molar-refractivity contribution in [3.63, 3.8) is 0 Å². The molecule has 0 amide bonds. The first-order valence-corrected chi connectivity index (χ1v) is 9.34. The third-order valence-corrected chi connectivity index (χ3v) is 6.55. The minimum atomic E-state index is -0.0436. The predicted octanol–water partition coefficient (Wildman–Crippen LogP) is 6.31. The van der Waals surface area contributed by atoms with Crippen LogP contribution in [0.15, 0.2) is 54.6 Å². The topological polar surface area (TPSA) is 9.23 Å². The fourth-order valence-electron chi connectivity index (χ4n) is 5.26. The molecule has 1 nitrogen and oxygen atoms in total. The molecule has 0 bridgehead atoms. The highest BCUT2D eigenvalue weighted by Gasteiger charge is 2.45. The lowest BCUT2D eigenvalue weighted by molar-refractivity contribution is 0.414. The molecule has 2 aliphatic rings. The molecule has 3 aromatic rings. The van der Waals surface area contributed by atoms with Crippen molar-refractivity contribution in [2.45, 2.75) is 38.5 Å². The van der Waals surface area contributed by atoms with Gasteiger partial charge < -0.3 is 4.74 Å². The summed E-state index contributed by atoms with van der Waals surface area (Å²) in [7, 11) is 1.80. The van der Waals surface area contributed by atoms with Gasteiger partial charge in [0.05, 0.1) is 7.11 Å². The Morgan fingerprint density at radius 2 is 1.19 bits per heavy atom. The third kappa shape index (κ3) is 1.66. The Kier molecular flexibility index (Phi) is 2.89. The monoisotopic (exact) mass is 340 g/mol. The summed E-state index contributed by atoms with van der Waals surface area (Å²) in [4.78, 5) is 0. The van der Waals surface area contributed by atoms with Gasteiger partial charge in [-0.05, 0) is 45.0 Å².